The summed E-state index contributed by atoms with van der Waals surface area (Å²) in [4.78, 5) is 38.9. The number of hydrogen-bond acceptors (Lipinski definition) is 9. The summed E-state index contributed by atoms with van der Waals surface area (Å²) in [6.07, 6.45) is 1.54. The van der Waals surface area contributed by atoms with E-state index in [1.807, 2.05) is 13.8 Å². The first-order chi connectivity index (χ1) is 13.4. The largest absolute Gasteiger partial charge is 0.467 e. The Hall–Kier alpha value is -3.15. The summed E-state index contributed by atoms with van der Waals surface area (Å²) in [7, 11) is 0. The van der Waals surface area contributed by atoms with Crippen LogP contribution in [-0.2, 0) is 13.1 Å². The second-order valence-electron chi connectivity index (χ2n) is 6.43. The van der Waals surface area contributed by atoms with Gasteiger partial charge in [-0.1, -0.05) is 25.6 Å². The molecule has 0 bridgehead atoms. The maximum Gasteiger partial charge on any atom is 0.329 e. The van der Waals surface area contributed by atoms with Gasteiger partial charge in [-0.15, -0.1) is 5.10 Å². The molecule has 3 aromatic heterocycles. The fourth-order valence-electron chi connectivity index (χ4n) is 2.56. The predicted molar refractivity (Wildman–Crippen MR) is 101 cm³/mol. The lowest BCUT2D eigenvalue weighted by Gasteiger charge is -2.13. The molecule has 3 aromatic rings. The van der Waals surface area contributed by atoms with Gasteiger partial charge >= 0.3 is 5.69 Å². The van der Waals surface area contributed by atoms with Crippen LogP contribution in [0, 0.1) is 5.92 Å². The molecule has 148 valence electrons. The molecular weight excluding hydrogens is 386 g/mol. The summed E-state index contributed by atoms with van der Waals surface area (Å²) >= 11 is 1.06. The van der Waals surface area contributed by atoms with Crippen LogP contribution in [0.2, 0.25) is 0 Å². The molecule has 0 radical (unpaired) electrons. The molecule has 0 aromatic carbocycles. The molecule has 3 heterocycles. The first kappa shape index (κ1) is 19.6. The molecule has 0 saturated heterocycles. The molecule has 0 aliphatic rings. The van der Waals surface area contributed by atoms with Crippen LogP contribution in [0.25, 0.3) is 0 Å². The average molecular weight is 405 g/mol. The quantitative estimate of drug-likeness (QED) is 0.399. The molecule has 0 atom stereocenters. The third kappa shape index (κ3) is 4.22. The van der Waals surface area contributed by atoms with Crippen LogP contribution in [-0.4, -0.2) is 41.3 Å². The zero-order valence-corrected chi connectivity index (χ0v) is 16.1. The van der Waals surface area contributed by atoms with Crippen molar-refractivity contribution in [1.29, 1.82) is 0 Å². The van der Waals surface area contributed by atoms with Gasteiger partial charge in [0.1, 0.15) is 23.7 Å². The van der Waals surface area contributed by atoms with Gasteiger partial charge < -0.3 is 10.2 Å². The Morgan fingerprint density at radius 3 is 2.86 bits per heavy atom. The van der Waals surface area contributed by atoms with Crippen molar-refractivity contribution >= 4 is 23.4 Å². The highest BCUT2D eigenvalue weighted by Crippen LogP contribution is 2.18. The topological polar surface area (TPSA) is 155 Å². The van der Waals surface area contributed by atoms with Gasteiger partial charge in [-0.25, -0.2) is 9.48 Å². The number of nitrogens with one attached hydrogen (secondary N) is 1. The SMILES string of the molecule is CC(C)Cn1c(N)c(C(=O)CSc2nnnn2Cc2ccco2)c(=O)[nH]c1=O. The van der Waals surface area contributed by atoms with E-state index in [-0.39, 0.29) is 29.6 Å². The number of hydrogen-bond donors (Lipinski definition) is 2. The summed E-state index contributed by atoms with van der Waals surface area (Å²) in [6, 6.07) is 3.52. The molecule has 3 rings (SSSR count). The highest BCUT2D eigenvalue weighted by atomic mass is 32.2. The van der Waals surface area contributed by atoms with Crippen LogP contribution < -0.4 is 17.0 Å². The maximum atomic E-state index is 12.6. The summed E-state index contributed by atoms with van der Waals surface area (Å²) in [6.45, 7) is 4.38. The number of nitrogens with two attached hydrogens (primary N) is 1. The van der Waals surface area contributed by atoms with Gasteiger partial charge in [0.15, 0.2) is 5.78 Å². The lowest BCUT2D eigenvalue weighted by Crippen LogP contribution is -2.37. The minimum atomic E-state index is -0.803. The maximum absolute atomic E-state index is 12.6. The average Bonchev–Trinajstić information content (AvgIpc) is 3.29. The smallest absolute Gasteiger partial charge is 0.329 e. The molecule has 0 fully saturated rings. The van der Waals surface area contributed by atoms with E-state index < -0.39 is 17.0 Å². The van der Waals surface area contributed by atoms with Gasteiger partial charge in [-0.2, -0.15) is 0 Å². The van der Waals surface area contributed by atoms with E-state index >= 15 is 0 Å². The Kier molecular flexibility index (Phi) is 5.78. The number of anilines is 1. The number of rotatable bonds is 8. The van der Waals surface area contributed by atoms with Gasteiger partial charge in [0, 0.05) is 6.54 Å². The summed E-state index contributed by atoms with van der Waals surface area (Å²) in [5, 5.41) is 11.7. The Labute approximate surface area is 162 Å². The van der Waals surface area contributed by atoms with Crippen LogP contribution in [0.3, 0.4) is 0 Å². The lowest BCUT2D eigenvalue weighted by molar-refractivity contribution is 0.102. The minimum Gasteiger partial charge on any atom is -0.467 e. The molecule has 0 saturated carbocycles. The van der Waals surface area contributed by atoms with Gasteiger partial charge in [-0.05, 0) is 28.5 Å². The Morgan fingerprint density at radius 2 is 2.18 bits per heavy atom. The van der Waals surface area contributed by atoms with Crippen molar-refractivity contribution in [3.05, 3.63) is 50.6 Å². The van der Waals surface area contributed by atoms with Crippen LogP contribution in [0.15, 0.2) is 37.6 Å². The monoisotopic (exact) mass is 405 g/mol. The molecule has 0 unspecified atom stereocenters. The predicted octanol–water partition coefficient (Wildman–Crippen LogP) is 0.378. The number of aromatic amines is 1. The number of carbonyl (C=O) groups excluding carboxylic acids is 1. The molecule has 0 aliphatic carbocycles. The van der Waals surface area contributed by atoms with Crippen molar-refractivity contribution < 1.29 is 9.21 Å². The molecule has 0 amide bonds. The summed E-state index contributed by atoms with van der Waals surface area (Å²) in [5.41, 5.74) is 4.28. The third-order valence-electron chi connectivity index (χ3n) is 3.78. The van der Waals surface area contributed by atoms with Gasteiger partial charge in [0.25, 0.3) is 5.56 Å². The number of H-pyrrole nitrogens is 1. The van der Waals surface area contributed by atoms with Crippen molar-refractivity contribution in [2.45, 2.75) is 32.1 Å². The van der Waals surface area contributed by atoms with E-state index in [0.717, 1.165) is 11.8 Å². The van der Waals surface area contributed by atoms with Crippen molar-refractivity contribution in [2.24, 2.45) is 5.92 Å². The van der Waals surface area contributed by atoms with Gasteiger partial charge in [0.05, 0.1) is 12.0 Å². The van der Waals surface area contributed by atoms with Crippen LogP contribution >= 0.6 is 11.8 Å². The van der Waals surface area contributed by atoms with E-state index in [4.69, 9.17) is 10.2 Å². The number of tetrazole rings is 1. The highest BCUT2D eigenvalue weighted by Gasteiger charge is 2.21. The van der Waals surface area contributed by atoms with Gasteiger partial charge in [-0.3, -0.25) is 19.1 Å². The summed E-state index contributed by atoms with van der Waals surface area (Å²) < 4.78 is 7.93. The van der Waals surface area contributed by atoms with Crippen molar-refractivity contribution in [1.82, 2.24) is 29.8 Å². The van der Waals surface area contributed by atoms with E-state index in [9.17, 15) is 14.4 Å². The van der Waals surface area contributed by atoms with Crippen LogP contribution in [0.1, 0.15) is 30.0 Å². The van der Waals surface area contributed by atoms with Crippen molar-refractivity contribution in [3.63, 3.8) is 0 Å². The van der Waals surface area contributed by atoms with Crippen LogP contribution in [0.5, 0.6) is 0 Å². The third-order valence-corrected chi connectivity index (χ3v) is 4.74. The van der Waals surface area contributed by atoms with Crippen molar-refractivity contribution in [2.75, 3.05) is 11.5 Å². The molecular formula is C16H19N7O4S. The zero-order chi connectivity index (χ0) is 20.3. The molecule has 11 nitrogen and oxygen atoms in total. The number of nitrogens with zero attached hydrogens (tertiary/aromatic N) is 5. The number of furan rings is 1. The number of Topliss-reactive ketones (excluding diaryl/α,β-unsaturated/α-hetero) is 1. The standard InChI is InChI=1S/C16H19N7O4S/c1-9(2)6-22-13(17)12(14(25)18-15(22)26)11(24)8-28-16-19-20-21-23(16)7-10-4-3-5-27-10/h3-5,9H,6-8,17H2,1-2H3,(H,18,25,26). The number of ketones is 1. The van der Waals surface area contributed by atoms with Gasteiger partial charge in [0.2, 0.25) is 5.16 Å². The Balaban J connectivity index is 1.78. The second-order valence-corrected chi connectivity index (χ2v) is 7.38. The molecule has 0 spiro atoms. The fraction of sp³-hybridized carbons (Fsp3) is 0.375. The number of aromatic nitrogens is 6. The second kappa shape index (κ2) is 8.25. The van der Waals surface area contributed by atoms with E-state index in [1.54, 1.807) is 12.1 Å². The zero-order valence-electron chi connectivity index (χ0n) is 15.3. The molecule has 28 heavy (non-hydrogen) atoms. The van der Waals surface area contributed by atoms with E-state index in [2.05, 4.69) is 20.5 Å². The number of carbonyl (C=O) groups is 1. The fourth-order valence-corrected chi connectivity index (χ4v) is 3.30. The highest BCUT2D eigenvalue weighted by molar-refractivity contribution is 7.99. The van der Waals surface area contributed by atoms with Crippen molar-refractivity contribution in [3.8, 4) is 0 Å². The normalized spacial score (nSPS) is 11.2. The van der Waals surface area contributed by atoms with E-state index in [1.165, 1.54) is 15.5 Å². The van der Waals surface area contributed by atoms with E-state index in [0.29, 0.717) is 17.5 Å². The first-order valence-corrected chi connectivity index (χ1v) is 9.42. The molecule has 0 aliphatic heterocycles. The Bertz CT molecular complexity index is 1080. The Morgan fingerprint density at radius 1 is 1.39 bits per heavy atom. The number of thioether (sulfide) groups is 1. The molecule has 3 N–H and O–H groups in total. The lowest BCUT2D eigenvalue weighted by atomic mass is 10.2. The summed E-state index contributed by atoms with van der Waals surface area (Å²) in [5.74, 6) is -0.0143. The minimum absolute atomic E-state index is 0.106. The molecule has 12 heteroatoms. The number of nitrogen functional groups attached to an aromatic ring is 1. The van der Waals surface area contributed by atoms with Crippen LogP contribution in [0.4, 0.5) is 5.82 Å². The first-order valence-electron chi connectivity index (χ1n) is 8.44.